The molecule has 0 aromatic heterocycles. The molecule has 3 fully saturated rings. The molecule has 2 saturated heterocycles. The monoisotopic (exact) mass is 531 g/mol. The molecule has 3 amide bonds. The summed E-state index contributed by atoms with van der Waals surface area (Å²) in [6.07, 6.45) is 7.03. The van der Waals surface area contributed by atoms with Crippen LogP contribution in [0.1, 0.15) is 56.1 Å². The molecular formula is C31H41N5O3. The van der Waals surface area contributed by atoms with Gasteiger partial charge in [0.2, 0.25) is 11.8 Å². The Labute approximate surface area is 231 Å². The molecule has 8 nitrogen and oxygen atoms in total. The average Bonchev–Trinajstić information content (AvgIpc) is 3.21. The number of nitrogens with one attached hydrogen (secondary N) is 1. The van der Waals surface area contributed by atoms with E-state index in [2.05, 4.69) is 10.2 Å². The predicted octanol–water partition coefficient (Wildman–Crippen LogP) is 2.98. The highest BCUT2D eigenvalue weighted by Gasteiger charge is 2.54. The first-order valence-electron chi connectivity index (χ1n) is 14.4. The average molecular weight is 532 g/mol. The molecule has 1 saturated carbocycles. The van der Waals surface area contributed by atoms with E-state index in [9.17, 15) is 14.4 Å². The summed E-state index contributed by atoms with van der Waals surface area (Å²) in [6, 6.07) is 17.5. The fourth-order valence-electron chi connectivity index (χ4n) is 6.51. The number of likely N-dealkylation sites (tertiary alicyclic amines) is 1. The summed E-state index contributed by atoms with van der Waals surface area (Å²) < 4.78 is 0. The quantitative estimate of drug-likeness (QED) is 0.572. The summed E-state index contributed by atoms with van der Waals surface area (Å²) in [5, 5.41) is 3.15. The van der Waals surface area contributed by atoms with Gasteiger partial charge in [-0.1, -0.05) is 61.7 Å². The normalized spacial score (nSPS) is 20.4. The number of hydrogen-bond acceptors (Lipinski definition) is 5. The topological polar surface area (TPSA) is 99.0 Å². The molecule has 0 unspecified atom stereocenters. The number of para-hydroxylation sites is 1. The van der Waals surface area contributed by atoms with E-state index in [4.69, 9.17) is 5.73 Å². The zero-order valence-electron chi connectivity index (χ0n) is 23.0. The molecule has 3 aliphatic rings. The molecule has 0 radical (unpaired) electrons. The Morgan fingerprint density at radius 2 is 1.67 bits per heavy atom. The van der Waals surface area contributed by atoms with Crippen LogP contribution in [-0.2, 0) is 20.8 Å². The SMILES string of the molecule is Cc1ccccc1C[C@@H](N)C(=O)N1CCC2(CC1)C(=O)N(CC(=O)NC1CCCCC1)CN2c1ccccc1. The summed E-state index contributed by atoms with van der Waals surface area (Å²) >= 11 is 0. The first kappa shape index (κ1) is 27.2. The number of nitrogens with two attached hydrogens (primary N) is 1. The molecule has 3 N–H and O–H groups in total. The number of carbonyl (C=O) groups excluding carboxylic acids is 3. The van der Waals surface area contributed by atoms with Gasteiger partial charge in [-0.3, -0.25) is 14.4 Å². The lowest BCUT2D eigenvalue weighted by molar-refractivity contribution is -0.140. The van der Waals surface area contributed by atoms with Gasteiger partial charge in [0.1, 0.15) is 12.1 Å². The highest BCUT2D eigenvalue weighted by Crippen LogP contribution is 2.39. The van der Waals surface area contributed by atoms with Gasteiger partial charge in [-0.05, 0) is 62.3 Å². The number of hydrogen-bond donors (Lipinski definition) is 2. The standard InChI is InChI=1S/C31H41N5O3/c1-23-10-8-9-11-24(23)20-27(32)29(38)34-18-16-31(17-19-34)30(39)35(22-36(31)26-14-6-3-7-15-26)21-28(37)33-25-12-4-2-5-13-25/h3,6-11,14-15,25,27H,2,4-5,12-13,16-22,32H2,1H3,(H,33,37)/t27-/m1/s1. The van der Waals surface area contributed by atoms with Gasteiger partial charge in [-0.2, -0.15) is 0 Å². The zero-order valence-corrected chi connectivity index (χ0v) is 23.0. The largest absolute Gasteiger partial charge is 0.352 e. The third-order valence-electron chi connectivity index (χ3n) is 8.81. The second-order valence-corrected chi connectivity index (χ2v) is 11.4. The van der Waals surface area contributed by atoms with Gasteiger partial charge in [0.15, 0.2) is 0 Å². The summed E-state index contributed by atoms with van der Waals surface area (Å²) in [7, 11) is 0. The number of carbonyl (C=O) groups is 3. The molecule has 2 aromatic carbocycles. The maximum absolute atomic E-state index is 14.0. The third-order valence-corrected chi connectivity index (χ3v) is 8.81. The van der Waals surface area contributed by atoms with Crippen molar-refractivity contribution in [2.24, 2.45) is 5.73 Å². The van der Waals surface area contributed by atoms with Crippen LogP contribution in [0.2, 0.25) is 0 Å². The Bertz CT molecular complexity index is 1170. The lowest BCUT2D eigenvalue weighted by atomic mass is 9.85. The summed E-state index contributed by atoms with van der Waals surface area (Å²) in [6.45, 7) is 3.36. The van der Waals surface area contributed by atoms with E-state index in [1.54, 1.807) is 4.90 Å². The minimum Gasteiger partial charge on any atom is -0.352 e. The van der Waals surface area contributed by atoms with E-state index in [0.29, 0.717) is 39.0 Å². The fraction of sp³-hybridized carbons (Fsp3) is 0.516. The van der Waals surface area contributed by atoms with Crippen LogP contribution in [-0.4, -0.2) is 71.4 Å². The number of benzene rings is 2. The first-order valence-corrected chi connectivity index (χ1v) is 14.4. The van der Waals surface area contributed by atoms with Crippen molar-refractivity contribution in [1.29, 1.82) is 0 Å². The molecule has 8 heteroatoms. The van der Waals surface area contributed by atoms with E-state index in [1.165, 1.54) is 6.42 Å². The lowest BCUT2D eigenvalue weighted by Crippen LogP contribution is -2.59. The summed E-state index contributed by atoms with van der Waals surface area (Å²) in [4.78, 5) is 45.8. The molecule has 0 bridgehead atoms. The van der Waals surface area contributed by atoms with E-state index < -0.39 is 11.6 Å². The molecule has 2 aliphatic heterocycles. The minimum absolute atomic E-state index is 0.0264. The van der Waals surface area contributed by atoms with Crippen LogP contribution in [0, 0.1) is 6.92 Å². The number of rotatable bonds is 7. The molecule has 39 heavy (non-hydrogen) atoms. The van der Waals surface area contributed by atoms with E-state index in [-0.39, 0.29) is 30.3 Å². The van der Waals surface area contributed by atoms with Gasteiger partial charge in [0.05, 0.1) is 12.7 Å². The molecule has 5 rings (SSSR count). The van der Waals surface area contributed by atoms with Crippen molar-refractivity contribution >= 4 is 23.4 Å². The van der Waals surface area contributed by atoms with E-state index >= 15 is 0 Å². The Balaban J connectivity index is 1.27. The van der Waals surface area contributed by atoms with Crippen molar-refractivity contribution in [3.05, 3.63) is 65.7 Å². The molecule has 1 spiro atoms. The van der Waals surface area contributed by atoms with Crippen molar-refractivity contribution in [2.45, 2.75) is 75.9 Å². The molecule has 2 aromatic rings. The van der Waals surface area contributed by atoms with Crippen LogP contribution in [0.15, 0.2) is 54.6 Å². The second-order valence-electron chi connectivity index (χ2n) is 11.4. The molecule has 2 heterocycles. The summed E-state index contributed by atoms with van der Waals surface area (Å²) in [5.41, 5.74) is 8.76. The fourth-order valence-corrected chi connectivity index (χ4v) is 6.51. The Morgan fingerprint density at radius 1 is 1.00 bits per heavy atom. The van der Waals surface area contributed by atoms with Crippen LogP contribution in [0.5, 0.6) is 0 Å². The minimum atomic E-state index is -0.774. The van der Waals surface area contributed by atoms with Gasteiger partial charge >= 0.3 is 0 Å². The highest BCUT2D eigenvalue weighted by molar-refractivity contribution is 5.96. The summed E-state index contributed by atoms with van der Waals surface area (Å²) in [5.74, 6) is -0.190. The van der Waals surface area contributed by atoms with Gasteiger partial charge in [-0.15, -0.1) is 0 Å². The van der Waals surface area contributed by atoms with Gasteiger partial charge in [0, 0.05) is 24.8 Å². The van der Waals surface area contributed by atoms with Gasteiger partial charge in [0.25, 0.3) is 5.91 Å². The lowest BCUT2D eigenvalue weighted by Gasteiger charge is -2.43. The number of amides is 3. The van der Waals surface area contributed by atoms with Crippen molar-refractivity contribution in [3.63, 3.8) is 0 Å². The van der Waals surface area contributed by atoms with Crippen LogP contribution in [0.25, 0.3) is 0 Å². The zero-order chi connectivity index (χ0) is 27.4. The van der Waals surface area contributed by atoms with Gasteiger partial charge in [-0.25, -0.2) is 0 Å². The number of anilines is 1. The predicted molar refractivity (Wildman–Crippen MR) is 152 cm³/mol. The maximum atomic E-state index is 14.0. The van der Waals surface area contributed by atoms with Crippen LogP contribution < -0.4 is 16.0 Å². The Morgan fingerprint density at radius 3 is 2.36 bits per heavy atom. The van der Waals surface area contributed by atoms with Crippen molar-refractivity contribution in [1.82, 2.24) is 15.1 Å². The van der Waals surface area contributed by atoms with Crippen molar-refractivity contribution in [2.75, 3.05) is 31.2 Å². The molecule has 1 atom stereocenters. The molecule has 208 valence electrons. The second kappa shape index (κ2) is 11.8. The highest BCUT2D eigenvalue weighted by atomic mass is 16.2. The van der Waals surface area contributed by atoms with Crippen molar-refractivity contribution < 1.29 is 14.4 Å². The van der Waals surface area contributed by atoms with E-state index in [0.717, 1.165) is 42.5 Å². The van der Waals surface area contributed by atoms with Crippen molar-refractivity contribution in [3.8, 4) is 0 Å². The number of piperidine rings is 1. The van der Waals surface area contributed by atoms with Crippen LogP contribution in [0.4, 0.5) is 5.69 Å². The Kier molecular flexibility index (Phi) is 8.21. The molecule has 1 aliphatic carbocycles. The Hall–Kier alpha value is -3.39. The smallest absolute Gasteiger partial charge is 0.250 e. The molecular weight excluding hydrogens is 490 g/mol. The number of aryl methyl sites for hydroxylation is 1. The first-order chi connectivity index (χ1) is 18.9. The number of nitrogens with zero attached hydrogens (tertiary/aromatic N) is 3. The van der Waals surface area contributed by atoms with E-state index in [1.807, 2.05) is 66.4 Å². The maximum Gasteiger partial charge on any atom is 0.250 e. The van der Waals surface area contributed by atoms with Gasteiger partial charge < -0.3 is 25.8 Å². The third kappa shape index (κ3) is 5.81. The van der Waals surface area contributed by atoms with Crippen LogP contribution in [0.3, 0.4) is 0 Å². The van der Waals surface area contributed by atoms with Crippen LogP contribution >= 0.6 is 0 Å².